The third kappa shape index (κ3) is 10.5. The maximum atomic E-state index is 10.9. The second kappa shape index (κ2) is 8.36. The Morgan fingerprint density at radius 3 is 2.27 bits per heavy atom. The molecule has 92 valence electrons. The minimum absolute atomic E-state index is 0.347. The van der Waals surface area contributed by atoms with Gasteiger partial charge in [0.15, 0.2) is 0 Å². The minimum Gasteiger partial charge on any atom is -0.214 e. The minimum atomic E-state index is -3.21. The maximum absolute atomic E-state index is 10.9. The molecule has 0 rings (SSSR count). The molecule has 0 saturated carbocycles. The van der Waals surface area contributed by atoms with Crippen molar-refractivity contribution in [2.75, 3.05) is 11.8 Å². The number of alkyl halides is 1. The van der Waals surface area contributed by atoms with Crippen LogP contribution in [0.2, 0.25) is 0 Å². The van der Waals surface area contributed by atoms with Crippen molar-refractivity contribution in [3.05, 3.63) is 0 Å². The second-order valence-electron chi connectivity index (χ2n) is 4.21. The molecule has 3 nitrogen and oxygen atoms in total. The number of hydrogen-bond donors (Lipinski definition) is 1. The van der Waals surface area contributed by atoms with Gasteiger partial charge in [0.05, 0.1) is 0 Å². The molecule has 0 unspecified atom stereocenters. The molecule has 0 aromatic carbocycles. The highest BCUT2D eigenvalue weighted by molar-refractivity contribution is 7.90. The van der Waals surface area contributed by atoms with Crippen LogP contribution in [0.1, 0.15) is 46.0 Å². The molecule has 0 fully saturated rings. The van der Waals surface area contributed by atoms with Crippen LogP contribution in [0.25, 0.3) is 0 Å². The van der Waals surface area contributed by atoms with Crippen LogP contribution >= 0.6 is 11.6 Å². The first-order valence-corrected chi connectivity index (χ1v) is 7.70. The molecule has 1 N–H and O–H groups in total. The van der Waals surface area contributed by atoms with Gasteiger partial charge in [-0.3, -0.25) is 0 Å². The lowest BCUT2D eigenvalue weighted by Gasteiger charge is -2.05. The summed E-state index contributed by atoms with van der Waals surface area (Å²) < 4.78 is 24.3. The lowest BCUT2D eigenvalue weighted by molar-refractivity contribution is 0.518. The van der Waals surface area contributed by atoms with Gasteiger partial charge in [-0.2, -0.15) is 0 Å². The molecular weight excluding hydrogens is 234 g/mol. The van der Waals surface area contributed by atoms with E-state index in [4.69, 9.17) is 11.6 Å². The normalized spacial score (nSPS) is 12.3. The fourth-order valence-corrected chi connectivity index (χ4v) is 2.06. The van der Waals surface area contributed by atoms with E-state index >= 15 is 0 Å². The van der Waals surface area contributed by atoms with E-state index in [1.54, 1.807) is 0 Å². The van der Waals surface area contributed by atoms with Crippen molar-refractivity contribution < 1.29 is 8.42 Å². The highest BCUT2D eigenvalue weighted by Crippen LogP contribution is 2.09. The van der Waals surface area contributed by atoms with Crippen LogP contribution in [-0.4, -0.2) is 20.2 Å². The molecule has 0 aliphatic carbocycles. The van der Waals surface area contributed by atoms with Gasteiger partial charge in [-0.05, 0) is 12.3 Å². The zero-order valence-corrected chi connectivity index (χ0v) is 11.2. The number of nitrogens with one attached hydrogen (secondary N) is 1. The van der Waals surface area contributed by atoms with E-state index in [1.165, 1.54) is 19.3 Å². The molecule has 0 aromatic rings. The molecular formula is C10H22ClNO2S. The Morgan fingerprint density at radius 2 is 1.73 bits per heavy atom. The molecule has 0 spiro atoms. The molecule has 15 heavy (non-hydrogen) atoms. The van der Waals surface area contributed by atoms with Crippen molar-refractivity contribution in [1.82, 2.24) is 4.72 Å². The van der Waals surface area contributed by atoms with Crippen LogP contribution in [0.4, 0.5) is 0 Å². The molecule has 0 aliphatic heterocycles. The van der Waals surface area contributed by atoms with Gasteiger partial charge in [0.1, 0.15) is 5.21 Å². The highest BCUT2D eigenvalue weighted by Gasteiger charge is 2.05. The van der Waals surface area contributed by atoms with Crippen LogP contribution in [0.15, 0.2) is 0 Å². The molecule has 0 radical (unpaired) electrons. The zero-order chi connectivity index (χ0) is 11.7. The highest BCUT2D eigenvalue weighted by atomic mass is 35.5. The monoisotopic (exact) mass is 255 g/mol. The lowest BCUT2D eigenvalue weighted by atomic mass is 10.0. The van der Waals surface area contributed by atoms with Crippen LogP contribution in [0.5, 0.6) is 0 Å². The standard InChI is InChI=1S/C10H22ClNO2S/c1-10(2)7-5-3-4-6-8-12-15(13,14)9-11/h10,12H,3-9H2,1-2H3. The van der Waals surface area contributed by atoms with E-state index in [0.717, 1.165) is 18.8 Å². The molecule has 0 atom stereocenters. The van der Waals surface area contributed by atoms with Gasteiger partial charge in [-0.15, -0.1) is 11.6 Å². The number of hydrogen-bond acceptors (Lipinski definition) is 2. The second-order valence-corrected chi connectivity index (χ2v) is 6.61. The predicted molar refractivity (Wildman–Crippen MR) is 65.6 cm³/mol. The largest absolute Gasteiger partial charge is 0.225 e. The van der Waals surface area contributed by atoms with Gasteiger partial charge in [0, 0.05) is 6.54 Å². The first kappa shape index (κ1) is 15.2. The average molecular weight is 256 g/mol. The van der Waals surface area contributed by atoms with E-state index in [0.29, 0.717) is 6.54 Å². The van der Waals surface area contributed by atoms with Crippen LogP contribution in [0.3, 0.4) is 0 Å². The molecule has 5 heteroatoms. The quantitative estimate of drug-likeness (QED) is 0.509. The van der Waals surface area contributed by atoms with E-state index in [-0.39, 0.29) is 5.21 Å². The van der Waals surface area contributed by atoms with Crippen molar-refractivity contribution in [2.24, 2.45) is 5.92 Å². The van der Waals surface area contributed by atoms with Gasteiger partial charge in [-0.25, -0.2) is 13.1 Å². The smallest absolute Gasteiger partial charge is 0.214 e. The third-order valence-corrected chi connectivity index (χ3v) is 3.97. The van der Waals surface area contributed by atoms with Crippen molar-refractivity contribution in [3.8, 4) is 0 Å². The van der Waals surface area contributed by atoms with Gasteiger partial charge in [0.25, 0.3) is 0 Å². The van der Waals surface area contributed by atoms with Gasteiger partial charge >= 0.3 is 0 Å². The Hall–Kier alpha value is 0.200. The molecule has 0 amide bonds. The van der Waals surface area contributed by atoms with E-state index in [1.807, 2.05) is 0 Å². The van der Waals surface area contributed by atoms with Crippen molar-refractivity contribution >= 4 is 21.6 Å². The summed E-state index contributed by atoms with van der Waals surface area (Å²) >= 11 is 5.24. The number of halogens is 1. The van der Waals surface area contributed by atoms with Crippen LogP contribution in [-0.2, 0) is 10.0 Å². The number of rotatable bonds is 9. The molecule has 0 aliphatic rings. The van der Waals surface area contributed by atoms with Crippen LogP contribution < -0.4 is 4.72 Å². The van der Waals surface area contributed by atoms with E-state index in [9.17, 15) is 8.42 Å². The zero-order valence-electron chi connectivity index (χ0n) is 9.63. The van der Waals surface area contributed by atoms with Crippen molar-refractivity contribution in [1.29, 1.82) is 0 Å². The first-order chi connectivity index (χ1) is 6.98. The fraction of sp³-hybridized carbons (Fsp3) is 1.00. The fourth-order valence-electron chi connectivity index (χ4n) is 1.30. The number of unbranched alkanes of at least 4 members (excludes halogenated alkanes) is 3. The Morgan fingerprint density at radius 1 is 1.13 bits per heavy atom. The van der Waals surface area contributed by atoms with Crippen LogP contribution in [0, 0.1) is 5.92 Å². The summed E-state index contributed by atoms with van der Waals surface area (Å²) in [5.74, 6) is 0.764. The summed E-state index contributed by atoms with van der Waals surface area (Å²) in [5, 5.41) is -0.347. The van der Waals surface area contributed by atoms with Gasteiger partial charge in [0.2, 0.25) is 10.0 Å². The summed E-state index contributed by atoms with van der Waals surface area (Å²) in [7, 11) is -3.21. The van der Waals surface area contributed by atoms with E-state index < -0.39 is 10.0 Å². The Kier molecular flexibility index (Phi) is 8.47. The van der Waals surface area contributed by atoms with Gasteiger partial charge < -0.3 is 0 Å². The first-order valence-electron chi connectivity index (χ1n) is 5.51. The summed E-state index contributed by atoms with van der Waals surface area (Å²) in [4.78, 5) is 0. The molecule has 0 heterocycles. The summed E-state index contributed by atoms with van der Waals surface area (Å²) in [6, 6.07) is 0. The Bertz CT molecular complexity index is 240. The van der Waals surface area contributed by atoms with Crippen molar-refractivity contribution in [3.63, 3.8) is 0 Å². The summed E-state index contributed by atoms with van der Waals surface area (Å²) in [6.45, 7) is 4.94. The summed E-state index contributed by atoms with van der Waals surface area (Å²) in [6.07, 6.45) is 5.65. The van der Waals surface area contributed by atoms with Crippen molar-refractivity contribution in [2.45, 2.75) is 46.0 Å². The molecule has 0 aromatic heterocycles. The average Bonchev–Trinajstić information content (AvgIpc) is 2.16. The molecule has 0 saturated heterocycles. The predicted octanol–water partition coefficient (Wildman–Crippen LogP) is 2.71. The van der Waals surface area contributed by atoms with Gasteiger partial charge in [-0.1, -0.05) is 39.5 Å². The molecule has 0 bridgehead atoms. The lowest BCUT2D eigenvalue weighted by Crippen LogP contribution is -2.25. The Balaban J connectivity index is 3.26. The Labute approximate surface area is 98.6 Å². The topological polar surface area (TPSA) is 46.2 Å². The maximum Gasteiger partial charge on any atom is 0.225 e. The summed E-state index contributed by atoms with van der Waals surface area (Å²) in [5.41, 5.74) is 0. The SMILES string of the molecule is CC(C)CCCCCCNS(=O)(=O)CCl. The third-order valence-electron chi connectivity index (χ3n) is 2.17. The van der Waals surface area contributed by atoms with E-state index in [2.05, 4.69) is 18.6 Å². The number of sulfonamides is 1.